The minimum atomic E-state index is 0.474. The Morgan fingerprint density at radius 2 is 2.18 bits per heavy atom. The second-order valence-corrected chi connectivity index (χ2v) is 5.02. The van der Waals surface area contributed by atoms with E-state index in [0.717, 1.165) is 22.8 Å². The normalized spacial score (nSPS) is 12.3. The van der Waals surface area contributed by atoms with Crippen molar-refractivity contribution in [2.75, 3.05) is 31.1 Å². The van der Waals surface area contributed by atoms with Crippen molar-refractivity contribution in [2.45, 2.75) is 19.5 Å². The Kier molecular flexibility index (Phi) is 5.65. The van der Waals surface area contributed by atoms with Gasteiger partial charge in [-0.3, -0.25) is 0 Å². The molecule has 1 rings (SSSR count). The maximum absolute atomic E-state index is 5.78. The molecule has 4 heteroatoms. The molecule has 1 atom stereocenters. The van der Waals surface area contributed by atoms with Gasteiger partial charge in [-0.15, -0.1) is 0 Å². The SMILES string of the molecule is COc1ccc(CN)c(N(C)C(C)CSC)c1. The number of hydrogen-bond donors (Lipinski definition) is 1. The number of nitrogens with two attached hydrogens (primary N) is 1. The van der Waals surface area contributed by atoms with Crippen LogP contribution in [0.25, 0.3) is 0 Å². The number of nitrogens with zero attached hydrogens (tertiary/aromatic N) is 1. The van der Waals surface area contributed by atoms with Gasteiger partial charge in [0.2, 0.25) is 0 Å². The van der Waals surface area contributed by atoms with Crippen molar-refractivity contribution in [3.05, 3.63) is 23.8 Å². The van der Waals surface area contributed by atoms with Gasteiger partial charge in [0.15, 0.2) is 0 Å². The van der Waals surface area contributed by atoms with Crippen LogP contribution < -0.4 is 15.4 Å². The largest absolute Gasteiger partial charge is 0.497 e. The Hall–Kier alpha value is -0.870. The van der Waals surface area contributed by atoms with Crippen LogP contribution in [0, 0.1) is 0 Å². The maximum atomic E-state index is 5.78. The molecule has 1 unspecified atom stereocenters. The molecule has 0 aliphatic carbocycles. The Bertz CT molecular complexity index is 357. The molecule has 0 aromatic heterocycles. The van der Waals surface area contributed by atoms with E-state index >= 15 is 0 Å². The summed E-state index contributed by atoms with van der Waals surface area (Å²) >= 11 is 1.85. The second kappa shape index (κ2) is 6.77. The highest BCUT2D eigenvalue weighted by Gasteiger charge is 2.13. The number of ether oxygens (including phenoxy) is 1. The lowest BCUT2D eigenvalue weighted by atomic mass is 10.1. The molecule has 1 aromatic rings. The molecule has 0 saturated heterocycles. The molecule has 0 aliphatic heterocycles. The number of thioether (sulfide) groups is 1. The monoisotopic (exact) mass is 254 g/mol. The molecule has 17 heavy (non-hydrogen) atoms. The van der Waals surface area contributed by atoms with Gasteiger partial charge in [0.25, 0.3) is 0 Å². The fourth-order valence-electron chi connectivity index (χ4n) is 1.76. The van der Waals surface area contributed by atoms with Crippen LogP contribution >= 0.6 is 11.8 Å². The highest BCUT2D eigenvalue weighted by atomic mass is 32.2. The zero-order valence-electron chi connectivity index (χ0n) is 11.1. The van der Waals surface area contributed by atoms with Crippen molar-refractivity contribution in [1.29, 1.82) is 0 Å². The van der Waals surface area contributed by atoms with Crippen molar-refractivity contribution in [1.82, 2.24) is 0 Å². The van der Waals surface area contributed by atoms with Crippen molar-refractivity contribution < 1.29 is 4.74 Å². The molecular formula is C13H22N2OS. The quantitative estimate of drug-likeness (QED) is 0.845. The van der Waals surface area contributed by atoms with Gasteiger partial charge in [-0.05, 0) is 24.8 Å². The number of anilines is 1. The van der Waals surface area contributed by atoms with Crippen LogP contribution in [0.1, 0.15) is 12.5 Å². The van der Waals surface area contributed by atoms with Crippen LogP contribution in [-0.2, 0) is 6.54 Å². The fourth-order valence-corrected chi connectivity index (χ4v) is 2.47. The van der Waals surface area contributed by atoms with E-state index in [2.05, 4.69) is 31.2 Å². The zero-order valence-corrected chi connectivity index (χ0v) is 11.9. The molecule has 0 bridgehead atoms. The van der Waals surface area contributed by atoms with Crippen LogP contribution in [0.3, 0.4) is 0 Å². The highest BCUT2D eigenvalue weighted by Crippen LogP contribution is 2.27. The van der Waals surface area contributed by atoms with Gasteiger partial charge in [0.05, 0.1) is 7.11 Å². The van der Waals surface area contributed by atoms with Gasteiger partial charge < -0.3 is 15.4 Å². The first-order valence-electron chi connectivity index (χ1n) is 5.72. The topological polar surface area (TPSA) is 38.5 Å². The van der Waals surface area contributed by atoms with E-state index in [4.69, 9.17) is 10.5 Å². The molecule has 0 heterocycles. The van der Waals surface area contributed by atoms with E-state index < -0.39 is 0 Å². The lowest BCUT2D eigenvalue weighted by Crippen LogP contribution is -2.31. The van der Waals surface area contributed by atoms with Gasteiger partial charge in [-0.1, -0.05) is 6.07 Å². The molecule has 0 fully saturated rings. The summed E-state index contributed by atoms with van der Waals surface area (Å²) in [5, 5.41) is 0. The average Bonchev–Trinajstić information content (AvgIpc) is 2.37. The van der Waals surface area contributed by atoms with Crippen molar-refractivity contribution >= 4 is 17.4 Å². The van der Waals surface area contributed by atoms with Crippen LogP contribution in [-0.4, -0.2) is 32.2 Å². The lowest BCUT2D eigenvalue weighted by Gasteiger charge is -2.28. The number of benzene rings is 1. The van der Waals surface area contributed by atoms with Crippen molar-refractivity contribution in [3.63, 3.8) is 0 Å². The minimum Gasteiger partial charge on any atom is -0.497 e. The smallest absolute Gasteiger partial charge is 0.120 e. The summed E-state index contributed by atoms with van der Waals surface area (Å²) in [6, 6.07) is 6.52. The van der Waals surface area contributed by atoms with E-state index in [0.29, 0.717) is 12.6 Å². The average molecular weight is 254 g/mol. The van der Waals surface area contributed by atoms with Crippen molar-refractivity contribution in [2.24, 2.45) is 5.73 Å². The van der Waals surface area contributed by atoms with Crippen molar-refractivity contribution in [3.8, 4) is 5.75 Å². The predicted molar refractivity (Wildman–Crippen MR) is 77.1 cm³/mol. The summed E-state index contributed by atoms with van der Waals surface area (Å²) in [6.07, 6.45) is 2.12. The summed E-state index contributed by atoms with van der Waals surface area (Å²) in [5.74, 6) is 1.97. The summed E-state index contributed by atoms with van der Waals surface area (Å²) in [6.45, 7) is 2.77. The van der Waals surface area contributed by atoms with Crippen LogP contribution in [0.15, 0.2) is 18.2 Å². The Labute approximate surface area is 108 Å². The zero-order chi connectivity index (χ0) is 12.8. The molecule has 0 amide bonds. The molecule has 96 valence electrons. The predicted octanol–water partition coefficient (Wildman–Crippen LogP) is 2.34. The third-order valence-electron chi connectivity index (χ3n) is 2.96. The molecule has 0 spiro atoms. The first kappa shape index (κ1) is 14.2. The van der Waals surface area contributed by atoms with Crippen LogP contribution in [0.5, 0.6) is 5.75 Å². The first-order chi connectivity index (χ1) is 8.13. The van der Waals surface area contributed by atoms with E-state index in [-0.39, 0.29) is 0 Å². The molecule has 0 saturated carbocycles. The van der Waals surface area contributed by atoms with Gasteiger partial charge in [-0.25, -0.2) is 0 Å². The van der Waals surface area contributed by atoms with E-state index in [9.17, 15) is 0 Å². The molecular weight excluding hydrogens is 232 g/mol. The number of methoxy groups -OCH3 is 1. The maximum Gasteiger partial charge on any atom is 0.120 e. The molecule has 2 N–H and O–H groups in total. The molecule has 1 aromatic carbocycles. The fraction of sp³-hybridized carbons (Fsp3) is 0.538. The standard InChI is InChI=1S/C13H22N2OS/c1-10(9-17-4)15(2)13-7-12(16-3)6-5-11(13)8-14/h5-7,10H,8-9,14H2,1-4H3. The summed E-state index contributed by atoms with van der Waals surface area (Å²) in [4.78, 5) is 2.27. The number of hydrogen-bond acceptors (Lipinski definition) is 4. The van der Waals surface area contributed by atoms with E-state index in [1.807, 2.05) is 23.9 Å². The van der Waals surface area contributed by atoms with Gasteiger partial charge >= 0.3 is 0 Å². The summed E-state index contributed by atoms with van der Waals surface area (Å²) in [7, 11) is 3.79. The first-order valence-corrected chi connectivity index (χ1v) is 7.12. The Morgan fingerprint density at radius 1 is 1.47 bits per heavy atom. The second-order valence-electron chi connectivity index (χ2n) is 4.11. The van der Waals surface area contributed by atoms with Gasteiger partial charge in [0, 0.05) is 37.1 Å². The third kappa shape index (κ3) is 3.54. The van der Waals surface area contributed by atoms with Crippen LogP contribution in [0.4, 0.5) is 5.69 Å². The van der Waals surface area contributed by atoms with Gasteiger partial charge in [-0.2, -0.15) is 11.8 Å². The van der Waals surface area contributed by atoms with E-state index in [1.54, 1.807) is 7.11 Å². The summed E-state index contributed by atoms with van der Waals surface area (Å²) < 4.78 is 5.27. The van der Waals surface area contributed by atoms with Crippen LogP contribution in [0.2, 0.25) is 0 Å². The Morgan fingerprint density at radius 3 is 2.71 bits per heavy atom. The van der Waals surface area contributed by atoms with Gasteiger partial charge in [0.1, 0.15) is 5.75 Å². The minimum absolute atomic E-state index is 0.474. The Balaban J connectivity index is 3.00. The third-order valence-corrected chi connectivity index (χ3v) is 3.78. The molecule has 3 nitrogen and oxygen atoms in total. The number of rotatable bonds is 6. The highest BCUT2D eigenvalue weighted by molar-refractivity contribution is 7.98. The molecule has 0 radical (unpaired) electrons. The molecule has 0 aliphatic rings. The lowest BCUT2D eigenvalue weighted by molar-refractivity contribution is 0.414. The summed E-state index contributed by atoms with van der Waals surface area (Å²) in [5.41, 5.74) is 8.10. The van der Waals surface area contributed by atoms with E-state index in [1.165, 1.54) is 0 Å².